The van der Waals surface area contributed by atoms with E-state index in [1.54, 1.807) is 12.1 Å². The first kappa shape index (κ1) is 17.4. The number of ether oxygens (including phenoxy) is 1. The van der Waals surface area contributed by atoms with Crippen LogP contribution < -0.4 is 4.74 Å². The van der Waals surface area contributed by atoms with Crippen molar-refractivity contribution in [1.29, 1.82) is 0 Å². The van der Waals surface area contributed by atoms with E-state index in [1.807, 2.05) is 0 Å². The van der Waals surface area contributed by atoms with E-state index >= 15 is 0 Å². The molecule has 0 radical (unpaired) electrons. The average Bonchev–Trinajstić information content (AvgIpc) is 2.25. The number of carbonyl (C=O) groups is 1. The second-order valence-corrected chi connectivity index (χ2v) is 7.07. The number of hydrogen-bond donors (Lipinski definition) is 1. The summed E-state index contributed by atoms with van der Waals surface area (Å²) in [6, 6.07) is 6.13. The Morgan fingerprint density at radius 3 is 1.95 bits per heavy atom. The molecule has 5 heteroatoms. The molecule has 0 aliphatic rings. The van der Waals surface area contributed by atoms with Gasteiger partial charge in [-0.1, -0.05) is 46.8 Å². The maximum Gasteiger partial charge on any atom is 0.501 e. The molecule has 0 saturated heterocycles. The van der Waals surface area contributed by atoms with Gasteiger partial charge in [-0.2, -0.15) is 8.78 Å². The second-order valence-electron chi connectivity index (χ2n) is 7.07. The van der Waals surface area contributed by atoms with Crippen molar-refractivity contribution in [2.24, 2.45) is 5.41 Å². The summed E-state index contributed by atoms with van der Waals surface area (Å²) in [5, 5.41) is 8.34. The lowest BCUT2D eigenvalue weighted by atomic mass is 9.72. The van der Waals surface area contributed by atoms with E-state index in [4.69, 9.17) is 5.11 Å². The van der Waals surface area contributed by atoms with Gasteiger partial charge in [0.25, 0.3) is 0 Å². The van der Waals surface area contributed by atoms with Crippen LogP contribution in [0, 0.1) is 5.41 Å². The van der Waals surface area contributed by atoms with Crippen LogP contribution in [0.4, 0.5) is 8.78 Å². The predicted molar refractivity (Wildman–Crippen MR) is 76.8 cm³/mol. The summed E-state index contributed by atoms with van der Waals surface area (Å²) in [4.78, 5) is 10.3. The van der Waals surface area contributed by atoms with E-state index in [0.717, 1.165) is 12.0 Å². The van der Waals surface area contributed by atoms with Crippen molar-refractivity contribution in [2.45, 2.75) is 52.6 Å². The number of carboxylic acid groups (broad SMARTS) is 1. The number of carboxylic acids is 1. The maximum absolute atomic E-state index is 13.0. The molecule has 0 aliphatic carbocycles. The lowest BCUT2D eigenvalue weighted by molar-refractivity contribution is -0.210. The Hall–Kier alpha value is -1.65. The van der Waals surface area contributed by atoms with Crippen LogP contribution in [0.1, 0.15) is 46.6 Å². The van der Waals surface area contributed by atoms with Crippen molar-refractivity contribution in [3.63, 3.8) is 0 Å². The highest BCUT2D eigenvalue weighted by Crippen LogP contribution is 2.37. The van der Waals surface area contributed by atoms with Crippen LogP contribution in [0.15, 0.2) is 24.3 Å². The van der Waals surface area contributed by atoms with E-state index in [9.17, 15) is 13.6 Å². The molecular weight excluding hydrogens is 278 g/mol. The van der Waals surface area contributed by atoms with Crippen molar-refractivity contribution in [2.75, 3.05) is 0 Å². The Morgan fingerprint density at radius 1 is 1.10 bits per heavy atom. The number of benzene rings is 1. The van der Waals surface area contributed by atoms with Gasteiger partial charge in [-0.3, -0.25) is 0 Å². The minimum Gasteiger partial charge on any atom is -0.474 e. The molecule has 0 aromatic heterocycles. The topological polar surface area (TPSA) is 46.5 Å². The lowest BCUT2D eigenvalue weighted by Crippen LogP contribution is -2.34. The summed E-state index contributed by atoms with van der Waals surface area (Å²) in [6.07, 6.45) is -3.30. The van der Waals surface area contributed by atoms with Gasteiger partial charge < -0.3 is 9.84 Å². The zero-order valence-corrected chi connectivity index (χ0v) is 13.0. The van der Waals surface area contributed by atoms with Crippen LogP contribution in [-0.2, 0) is 10.2 Å². The van der Waals surface area contributed by atoms with Gasteiger partial charge in [0.2, 0.25) is 0 Å². The predicted octanol–water partition coefficient (Wildman–Crippen LogP) is 4.46. The summed E-state index contributed by atoms with van der Waals surface area (Å²) in [5.74, 6) is -2.47. The van der Waals surface area contributed by atoms with Crippen LogP contribution in [0.2, 0.25) is 0 Å². The van der Waals surface area contributed by atoms with E-state index in [1.165, 1.54) is 12.1 Å². The molecular formula is C16H22F2O3. The van der Waals surface area contributed by atoms with Crippen LogP contribution in [0.25, 0.3) is 0 Å². The lowest BCUT2D eigenvalue weighted by Gasteiger charge is -2.33. The molecule has 1 rings (SSSR count). The van der Waals surface area contributed by atoms with Gasteiger partial charge in [0.1, 0.15) is 5.75 Å². The second kappa shape index (κ2) is 5.62. The van der Waals surface area contributed by atoms with Crippen molar-refractivity contribution in [1.82, 2.24) is 0 Å². The smallest absolute Gasteiger partial charge is 0.474 e. The minimum atomic E-state index is -4.22. The van der Waals surface area contributed by atoms with Crippen LogP contribution >= 0.6 is 0 Å². The van der Waals surface area contributed by atoms with Crippen LogP contribution in [0.5, 0.6) is 5.75 Å². The molecule has 1 N–H and O–H groups in total. The molecule has 0 fully saturated rings. The van der Waals surface area contributed by atoms with Gasteiger partial charge in [0.05, 0.1) is 0 Å². The number of hydrogen-bond acceptors (Lipinski definition) is 2. The first-order valence-electron chi connectivity index (χ1n) is 6.74. The quantitative estimate of drug-likeness (QED) is 0.873. The molecule has 0 aliphatic heterocycles. The Morgan fingerprint density at radius 2 is 1.57 bits per heavy atom. The largest absolute Gasteiger partial charge is 0.501 e. The molecule has 0 spiro atoms. The molecule has 0 atom stereocenters. The van der Waals surface area contributed by atoms with Gasteiger partial charge in [-0.05, 0) is 34.9 Å². The third-order valence-electron chi connectivity index (χ3n) is 3.10. The monoisotopic (exact) mass is 300 g/mol. The molecule has 1 aromatic rings. The molecule has 1 aromatic carbocycles. The summed E-state index contributed by atoms with van der Waals surface area (Å²) >= 11 is 0. The van der Waals surface area contributed by atoms with Crippen molar-refractivity contribution in [3.8, 4) is 5.75 Å². The van der Waals surface area contributed by atoms with Gasteiger partial charge in [0.15, 0.2) is 0 Å². The molecule has 0 heterocycles. The Kier molecular flexibility index (Phi) is 4.66. The van der Waals surface area contributed by atoms with Crippen molar-refractivity contribution in [3.05, 3.63) is 29.8 Å². The summed E-state index contributed by atoms with van der Waals surface area (Å²) in [6.45, 7) is 10.6. The first-order chi connectivity index (χ1) is 9.33. The first-order valence-corrected chi connectivity index (χ1v) is 6.74. The molecule has 21 heavy (non-hydrogen) atoms. The Labute approximate surface area is 123 Å². The number of aliphatic carboxylic acids is 1. The summed E-state index contributed by atoms with van der Waals surface area (Å²) < 4.78 is 30.1. The summed E-state index contributed by atoms with van der Waals surface area (Å²) in [7, 11) is 0. The normalized spacial score (nSPS) is 13.1. The molecule has 118 valence electrons. The number of alkyl halides is 2. The Bertz CT molecular complexity index is 499. The zero-order chi connectivity index (χ0) is 16.5. The number of halogens is 2. The molecule has 0 unspecified atom stereocenters. The van der Waals surface area contributed by atoms with E-state index in [2.05, 4.69) is 39.4 Å². The standard InChI is InChI=1S/C16H22F2O3/c1-14(2,3)10-15(4,5)11-6-8-12(9-7-11)21-16(17,18)13(19)20/h6-9H,10H2,1-5H3,(H,19,20). The minimum absolute atomic E-state index is 0.119. The fourth-order valence-corrected chi connectivity index (χ4v) is 2.59. The third-order valence-corrected chi connectivity index (χ3v) is 3.10. The SMILES string of the molecule is CC(C)(C)CC(C)(C)c1ccc(OC(F)(F)C(=O)O)cc1. The van der Waals surface area contributed by atoms with E-state index < -0.39 is 12.1 Å². The van der Waals surface area contributed by atoms with Crippen molar-refractivity contribution < 1.29 is 23.4 Å². The molecule has 0 amide bonds. The summed E-state index contributed by atoms with van der Waals surface area (Å²) in [5.41, 5.74) is 1.00. The van der Waals surface area contributed by atoms with Gasteiger partial charge in [0, 0.05) is 0 Å². The molecule has 0 bridgehead atoms. The van der Waals surface area contributed by atoms with Crippen LogP contribution in [-0.4, -0.2) is 17.2 Å². The van der Waals surface area contributed by atoms with Gasteiger partial charge in [-0.15, -0.1) is 0 Å². The van der Waals surface area contributed by atoms with Gasteiger partial charge in [-0.25, -0.2) is 4.79 Å². The Balaban J connectivity index is 2.90. The average molecular weight is 300 g/mol. The fraction of sp³-hybridized carbons (Fsp3) is 0.562. The zero-order valence-electron chi connectivity index (χ0n) is 13.0. The number of rotatable bonds is 5. The molecule has 3 nitrogen and oxygen atoms in total. The van der Waals surface area contributed by atoms with E-state index in [-0.39, 0.29) is 16.6 Å². The third kappa shape index (κ3) is 4.99. The fourth-order valence-electron chi connectivity index (χ4n) is 2.59. The van der Waals surface area contributed by atoms with Crippen LogP contribution in [0.3, 0.4) is 0 Å². The highest BCUT2D eigenvalue weighted by molar-refractivity contribution is 5.73. The van der Waals surface area contributed by atoms with E-state index in [0.29, 0.717) is 0 Å². The van der Waals surface area contributed by atoms with Crippen molar-refractivity contribution >= 4 is 5.97 Å². The van der Waals surface area contributed by atoms with Gasteiger partial charge >= 0.3 is 12.1 Å². The maximum atomic E-state index is 13.0. The highest BCUT2D eigenvalue weighted by atomic mass is 19.3. The molecule has 0 saturated carbocycles. The highest BCUT2D eigenvalue weighted by Gasteiger charge is 2.42.